The molecule has 5 heterocycles. The van der Waals surface area contributed by atoms with Crippen LogP contribution in [0.15, 0.2) is 4.99 Å². The van der Waals surface area contributed by atoms with Gasteiger partial charge in [-0.15, -0.1) is 0 Å². The predicted octanol–water partition coefficient (Wildman–Crippen LogP) is -5.11. The van der Waals surface area contributed by atoms with Gasteiger partial charge in [0.1, 0.15) is 41.5 Å². The maximum Gasteiger partial charge on any atom is 0.191 e. The van der Waals surface area contributed by atoms with Crippen molar-refractivity contribution in [1.29, 1.82) is 0 Å². The molecule has 0 amide bonds. The van der Waals surface area contributed by atoms with Gasteiger partial charge in [-0.2, -0.15) is 0 Å². The standard InChI is InChI=1S/C11H14N3O7/c12-8-13-6-2-4-9(17,1-15)5-3(16)10(2,14-8)7(19-6)11(18,20-4)21-5/h2-7,15-17H,1H2,(H3,12,13,14)/q-1/t2-,3-,4-,5+,6+,7+,9+,10-,11+/m1/s1. The van der Waals surface area contributed by atoms with E-state index >= 15 is 0 Å². The molecule has 0 unspecified atom stereocenters. The first-order chi connectivity index (χ1) is 9.87. The fourth-order valence-electron chi connectivity index (χ4n) is 4.62. The highest BCUT2D eigenvalue weighted by Gasteiger charge is 2.84. The van der Waals surface area contributed by atoms with Gasteiger partial charge in [0, 0.05) is 0 Å². The molecule has 1 aliphatic carbocycles. The second-order valence-corrected chi connectivity index (χ2v) is 6.28. The molecule has 9 atom stereocenters. The van der Waals surface area contributed by atoms with Gasteiger partial charge in [0.15, 0.2) is 12.2 Å². The van der Waals surface area contributed by atoms with Crippen LogP contribution in [-0.4, -0.2) is 75.6 Å². The molecule has 10 heteroatoms. The predicted molar refractivity (Wildman–Crippen MR) is 60.2 cm³/mol. The van der Waals surface area contributed by atoms with Gasteiger partial charge in [0.05, 0.1) is 12.5 Å². The first kappa shape index (κ1) is 12.5. The molecular formula is C11H14N3O7-. The number of nitrogens with one attached hydrogen (secondary N) is 1. The van der Waals surface area contributed by atoms with Crippen LogP contribution in [0, 0.1) is 5.92 Å². The minimum atomic E-state index is -2.38. The van der Waals surface area contributed by atoms with Crippen molar-refractivity contribution in [2.75, 3.05) is 6.61 Å². The monoisotopic (exact) mass is 300 g/mol. The van der Waals surface area contributed by atoms with Gasteiger partial charge in [-0.3, -0.25) is 0 Å². The van der Waals surface area contributed by atoms with E-state index in [9.17, 15) is 20.4 Å². The lowest BCUT2D eigenvalue weighted by atomic mass is 9.56. The number of aliphatic hydroxyl groups is 3. The summed E-state index contributed by atoms with van der Waals surface area (Å²) in [6.07, 6.45) is -5.67. The highest BCUT2D eigenvalue weighted by molar-refractivity contribution is 5.80. The van der Waals surface area contributed by atoms with Crippen LogP contribution in [0.25, 0.3) is 0 Å². The maximum absolute atomic E-state index is 12.8. The van der Waals surface area contributed by atoms with Crippen molar-refractivity contribution < 1.29 is 34.6 Å². The zero-order chi connectivity index (χ0) is 14.8. The Balaban J connectivity index is 1.77. The van der Waals surface area contributed by atoms with E-state index in [0.29, 0.717) is 0 Å². The van der Waals surface area contributed by atoms with Crippen LogP contribution in [0.2, 0.25) is 0 Å². The number of nitrogens with two attached hydrogens (primary N) is 1. The molecule has 6 rings (SSSR count). The third kappa shape index (κ3) is 1.03. The second kappa shape index (κ2) is 3.18. The van der Waals surface area contributed by atoms with E-state index in [4.69, 9.17) is 19.9 Å². The molecule has 0 radical (unpaired) electrons. The van der Waals surface area contributed by atoms with Crippen LogP contribution in [-0.2, 0) is 14.2 Å². The fourth-order valence-corrected chi connectivity index (χ4v) is 4.62. The van der Waals surface area contributed by atoms with Crippen LogP contribution in [0.1, 0.15) is 0 Å². The largest absolute Gasteiger partial charge is 0.805 e. The first-order valence-electron chi connectivity index (χ1n) is 6.71. The summed E-state index contributed by atoms with van der Waals surface area (Å²) in [5.41, 5.74) is 2.58. The number of aliphatic imine (C=N–C) groups is 1. The van der Waals surface area contributed by atoms with Crippen LogP contribution in [0.4, 0.5) is 0 Å². The van der Waals surface area contributed by atoms with E-state index < -0.39 is 60.3 Å². The number of nitrogens with zero attached hydrogens (tertiary/aromatic N) is 1. The Bertz CT molecular complexity index is 574. The molecular weight excluding hydrogens is 286 g/mol. The summed E-state index contributed by atoms with van der Waals surface area (Å²) in [6, 6.07) is 0. The second-order valence-electron chi connectivity index (χ2n) is 6.28. The minimum absolute atomic E-state index is 0.0517. The third-order valence-corrected chi connectivity index (χ3v) is 5.42. The quantitative estimate of drug-likeness (QED) is 0.319. The number of rotatable bonds is 1. The number of hydrogen-bond acceptors (Lipinski definition) is 10. The zero-order valence-corrected chi connectivity index (χ0v) is 10.7. The van der Waals surface area contributed by atoms with E-state index in [-0.39, 0.29) is 5.96 Å². The number of hydrogen-bond donors (Lipinski definition) is 5. The molecule has 6 N–H and O–H groups in total. The molecule has 6 aliphatic rings. The van der Waals surface area contributed by atoms with Crippen molar-refractivity contribution in [3.63, 3.8) is 0 Å². The summed E-state index contributed by atoms with van der Waals surface area (Å²) in [4.78, 5) is 4.06. The first-order valence-corrected chi connectivity index (χ1v) is 6.71. The average molecular weight is 300 g/mol. The fraction of sp³-hybridized carbons (Fsp3) is 0.909. The number of ether oxygens (including phenoxy) is 3. The minimum Gasteiger partial charge on any atom is -0.805 e. The number of guanidine groups is 1. The normalized spacial score (nSPS) is 66.2. The molecule has 7 bridgehead atoms. The van der Waals surface area contributed by atoms with Crippen LogP contribution in [0.3, 0.4) is 0 Å². The van der Waals surface area contributed by atoms with Crippen molar-refractivity contribution in [3.8, 4) is 0 Å². The highest BCUT2D eigenvalue weighted by atomic mass is 16.9. The third-order valence-electron chi connectivity index (χ3n) is 5.42. The summed E-state index contributed by atoms with van der Waals surface area (Å²) in [6.45, 7) is -0.724. The molecule has 5 aliphatic heterocycles. The summed E-state index contributed by atoms with van der Waals surface area (Å²) < 4.78 is 16.1. The van der Waals surface area contributed by atoms with E-state index in [1.807, 2.05) is 0 Å². The average Bonchev–Trinajstić information content (AvgIpc) is 2.59. The van der Waals surface area contributed by atoms with Crippen LogP contribution in [0.5, 0.6) is 0 Å². The lowest BCUT2D eigenvalue weighted by Gasteiger charge is -2.72. The van der Waals surface area contributed by atoms with Crippen molar-refractivity contribution in [2.45, 2.75) is 47.8 Å². The molecule has 116 valence electrons. The summed E-state index contributed by atoms with van der Waals surface area (Å²) in [7, 11) is 0. The Morgan fingerprint density at radius 2 is 2.10 bits per heavy atom. The van der Waals surface area contributed by atoms with Gasteiger partial charge in [0.25, 0.3) is 0 Å². The Kier molecular flexibility index (Phi) is 1.89. The molecule has 10 nitrogen and oxygen atoms in total. The Hall–Kier alpha value is -1.01. The topological polar surface area (TPSA) is 162 Å². The van der Waals surface area contributed by atoms with Crippen molar-refractivity contribution in [2.24, 2.45) is 16.6 Å². The van der Waals surface area contributed by atoms with Crippen molar-refractivity contribution in [3.05, 3.63) is 0 Å². The Morgan fingerprint density at radius 3 is 2.81 bits per heavy atom. The summed E-state index contributed by atoms with van der Waals surface area (Å²) >= 11 is 0. The molecule has 5 fully saturated rings. The zero-order valence-electron chi connectivity index (χ0n) is 10.7. The number of aliphatic hydroxyl groups excluding tert-OH is 2. The Morgan fingerprint density at radius 1 is 1.38 bits per heavy atom. The van der Waals surface area contributed by atoms with Crippen LogP contribution < -0.4 is 16.2 Å². The SMILES string of the molecule is NC1=N[C@H]2O[C@@H]3[C@]4([O-])O[C@@H]5[C@H]2[C@@]3(N1)[C@H](O)[C@H](O4)[C@]5(O)CO. The molecule has 0 aromatic carbocycles. The van der Waals surface area contributed by atoms with Gasteiger partial charge >= 0.3 is 0 Å². The summed E-state index contributed by atoms with van der Waals surface area (Å²) in [5, 5.41) is 46.5. The van der Waals surface area contributed by atoms with E-state index in [2.05, 4.69) is 10.3 Å². The molecule has 0 aromatic heterocycles. The molecule has 1 spiro atoms. The van der Waals surface area contributed by atoms with Gasteiger partial charge < -0.3 is 45.7 Å². The van der Waals surface area contributed by atoms with Crippen LogP contribution >= 0.6 is 0 Å². The van der Waals surface area contributed by atoms with Crippen molar-refractivity contribution in [1.82, 2.24) is 5.32 Å². The molecule has 4 saturated heterocycles. The molecule has 0 aromatic rings. The van der Waals surface area contributed by atoms with E-state index in [0.717, 1.165) is 0 Å². The highest BCUT2D eigenvalue weighted by Crippen LogP contribution is 2.62. The summed E-state index contributed by atoms with van der Waals surface area (Å²) in [5.74, 6) is -2.98. The van der Waals surface area contributed by atoms with E-state index in [1.54, 1.807) is 0 Å². The van der Waals surface area contributed by atoms with Gasteiger partial charge in [-0.25, -0.2) is 4.99 Å². The van der Waals surface area contributed by atoms with Crippen molar-refractivity contribution >= 4 is 5.96 Å². The Labute approximate surface area is 118 Å². The lowest BCUT2D eigenvalue weighted by Crippen LogP contribution is -2.94. The van der Waals surface area contributed by atoms with Gasteiger partial charge in [-0.05, 0) is 0 Å². The lowest BCUT2D eigenvalue weighted by molar-refractivity contribution is -0.700. The van der Waals surface area contributed by atoms with Gasteiger partial charge in [0.2, 0.25) is 0 Å². The van der Waals surface area contributed by atoms with E-state index in [1.165, 1.54) is 0 Å². The smallest absolute Gasteiger partial charge is 0.191 e. The molecule has 1 saturated carbocycles. The maximum atomic E-state index is 12.8. The van der Waals surface area contributed by atoms with Gasteiger partial charge in [-0.1, -0.05) is 0 Å². The molecule has 21 heavy (non-hydrogen) atoms.